The van der Waals surface area contributed by atoms with Crippen LogP contribution in [-0.4, -0.2) is 73.3 Å². The average Bonchev–Trinajstić information content (AvgIpc) is 3.03. The normalized spacial score (nSPS) is 21.2. The monoisotopic (exact) mass is 387 g/mol. The second-order valence-electron chi connectivity index (χ2n) is 7.69. The van der Waals surface area contributed by atoms with Gasteiger partial charge in [-0.05, 0) is 26.7 Å². The number of piperidine rings is 1. The van der Waals surface area contributed by atoms with Crippen LogP contribution in [0.2, 0.25) is 0 Å². The third-order valence-electron chi connectivity index (χ3n) is 5.87. The van der Waals surface area contributed by atoms with Gasteiger partial charge < -0.3 is 19.4 Å². The van der Waals surface area contributed by atoms with Crippen molar-refractivity contribution in [1.82, 2.24) is 20.2 Å². The van der Waals surface area contributed by atoms with Gasteiger partial charge in [-0.3, -0.25) is 9.69 Å². The van der Waals surface area contributed by atoms with E-state index < -0.39 is 0 Å². The molecule has 1 N–H and O–H groups in total. The topological polar surface area (TPSA) is 83.7 Å². The predicted octanol–water partition coefficient (Wildman–Crippen LogP) is 1.50. The van der Waals surface area contributed by atoms with E-state index in [4.69, 9.17) is 9.15 Å². The summed E-state index contributed by atoms with van der Waals surface area (Å²) in [5, 5.41) is 4.09. The Morgan fingerprint density at radius 2 is 2.07 bits per heavy atom. The highest BCUT2D eigenvalue weighted by molar-refractivity contribution is 5.90. The van der Waals surface area contributed by atoms with Crippen LogP contribution in [0, 0.1) is 19.8 Å². The highest BCUT2D eigenvalue weighted by Crippen LogP contribution is 2.32. The van der Waals surface area contributed by atoms with E-state index in [1.165, 1.54) is 0 Å². The number of nitrogens with zero attached hydrogens (tertiary/aromatic N) is 4. The number of carbonyl (C=O) groups excluding carboxylic acids is 1. The number of anilines is 1. The summed E-state index contributed by atoms with van der Waals surface area (Å²) in [6.45, 7) is 10.6. The molecule has 2 fully saturated rings. The molecule has 0 bridgehead atoms. The molecule has 28 heavy (non-hydrogen) atoms. The molecule has 0 saturated carbocycles. The molecule has 0 unspecified atom stereocenters. The number of morpholine rings is 1. The number of nitrogens with one attached hydrogen (secondary N) is 1. The van der Waals surface area contributed by atoms with Gasteiger partial charge in [-0.15, -0.1) is 0 Å². The summed E-state index contributed by atoms with van der Waals surface area (Å²) in [7, 11) is 0. The molecule has 2 aromatic rings. The van der Waals surface area contributed by atoms with Crippen LogP contribution < -0.4 is 10.2 Å². The number of hydrogen-bond acceptors (Lipinski definition) is 7. The number of carbonyl (C=O) groups is 1. The van der Waals surface area contributed by atoms with Crippen molar-refractivity contribution in [2.45, 2.75) is 26.7 Å². The molecule has 0 aliphatic carbocycles. The highest BCUT2D eigenvalue weighted by atomic mass is 16.5. The van der Waals surface area contributed by atoms with Gasteiger partial charge >= 0.3 is 0 Å². The summed E-state index contributed by atoms with van der Waals surface area (Å²) in [4.78, 5) is 26.0. The van der Waals surface area contributed by atoms with Crippen LogP contribution in [-0.2, 0) is 9.53 Å². The van der Waals surface area contributed by atoms with Crippen molar-refractivity contribution in [3.05, 3.63) is 17.7 Å². The molecule has 4 rings (SSSR count). The first-order valence-corrected chi connectivity index (χ1v) is 10.2. The van der Waals surface area contributed by atoms with E-state index in [1.54, 1.807) is 6.33 Å². The fourth-order valence-electron chi connectivity index (χ4n) is 4.09. The molecular formula is C20H29N5O3. The van der Waals surface area contributed by atoms with Crippen LogP contribution in [0.15, 0.2) is 10.7 Å². The van der Waals surface area contributed by atoms with Crippen molar-refractivity contribution < 1.29 is 13.9 Å². The van der Waals surface area contributed by atoms with E-state index in [1.807, 2.05) is 13.8 Å². The molecule has 8 nitrogen and oxygen atoms in total. The zero-order chi connectivity index (χ0) is 19.5. The fraction of sp³-hybridized carbons (Fsp3) is 0.650. The second kappa shape index (κ2) is 8.45. The molecule has 0 aromatic carbocycles. The summed E-state index contributed by atoms with van der Waals surface area (Å²) in [5.74, 6) is 1.87. The van der Waals surface area contributed by atoms with Gasteiger partial charge in [0.2, 0.25) is 11.6 Å². The molecule has 1 atom stereocenters. The predicted molar refractivity (Wildman–Crippen MR) is 106 cm³/mol. The van der Waals surface area contributed by atoms with Crippen molar-refractivity contribution in [2.24, 2.45) is 5.92 Å². The maximum atomic E-state index is 12.7. The van der Waals surface area contributed by atoms with Crippen molar-refractivity contribution in [3.8, 4) is 0 Å². The van der Waals surface area contributed by atoms with Crippen LogP contribution in [0.25, 0.3) is 11.1 Å². The maximum absolute atomic E-state index is 12.7. The van der Waals surface area contributed by atoms with Gasteiger partial charge in [0.25, 0.3) is 0 Å². The van der Waals surface area contributed by atoms with E-state index in [0.29, 0.717) is 18.8 Å². The molecule has 2 aromatic heterocycles. The Bertz CT molecular complexity index is 831. The minimum atomic E-state index is -0.0169. The molecule has 152 valence electrons. The van der Waals surface area contributed by atoms with Gasteiger partial charge in [0.15, 0.2) is 0 Å². The number of hydrogen-bond donors (Lipinski definition) is 1. The fourth-order valence-corrected chi connectivity index (χ4v) is 4.09. The van der Waals surface area contributed by atoms with E-state index in [-0.39, 0.29) is 11.8 Å². The Morgan fingerprint density at radius 1 is 1.25 bits per heavy atom. The molecule has 8 heteroatoms. The van der Waals surface area contributed by atoms with Crippen molar-refractivity contribution in [2.75, 3.05) is 57.4 Å². The van der Waals surface area contributed by atoms with E-state index in [0.717, 1.165) is 74.8 Å². The summed E-state index contributed by atoms with van der Waals surface area (Å²) in [5.41, 5.74) is 1.69. The third kappa shape index (κ3) is 3.98. The maximum Gasteiger partial charge on any atom is 0.231 e. The molecule has 2 saturated heterocycles. The summed E-state index contributed by atoms with van der Waals surface area (Å²) in [6.07, 6.45) is 3.44. The highest BCUT2D eigenvalue weighted by Gasteiger charge is 2.28. The van der Waals surface area contributed by atoms with Gasteiger partial charge in [0, 0.05) is 44.8 Å². The molecular weight excluding hydrogens is 358 g/mol. The summed E-state index contributed by atoms with van der Waals surface area (Å²) in [6, 6.07) is 0. The Labute approximate surface area is 165 Å². The minimum Gasteiger partial charge on any atom is -0.443 e. The summed E-state index contributed by atoms with van der Waals surface area (Å²) >= 11 is 0. The first-order chi connectivity index (χ1) is 13.6. The lowest BCUT2D eigenvalue weighted by Crippen LogP contribution is -2.46. The molecule has 2 aliphatic heterocycles. The third-order valence-corrected chi connectivity index (χ3v) is 5.87. The molecule has 0 radical (unpaired) electrons. The lowest BCUT2D eigenvalue weighted by atomic mass is 9.96. The number of furan rings is 1. The molecule has 1 amide bonds. The van der Waals surface area contributed by atoms with Gasteiger partial charge in [0.05, 0.1) is 24.5 Å². The molecule has 4 heterocycles. The van der Waals surface area contributed by atoms with E-state index in [9.17, 15) is 4.79 Å². The van der Waals surface area contributed by atoms with Gasteiger partial charge in [-0.1, -0.05) is 0 Å². The quantitative estimate of drug-likeness (QED) is 0.832. The van der Waals surface area contributed by atoms with Crippen molar-refractivity contribution in [3.63, 3.8) is 0 Å². The van der Waals surface area contributed by atoms with E-state index in [2.05, 4.69) is 25.1 Å². The summed E-state index contributed by atoms with van der Waals surface area (Å²) < 4.78 is 11.1. The Kier molecular flexibility index (Phi) is 5.77. The van der Waals surface area contributed by atoms with Crippen LogP contribution >= 0.6 is 0 Å². The largest absolute Gasteiger partial charge is 0.443 e. The Morgan fingerprint density at radius 3 is 2.89 bits per heavy atom. The minimum absolute atomic E-state index is 0.0169. The van der Waals surface area contributed by atoms with E-state index >= 15 is 0 Å². The first-order valence-electron chi connectivity index (χ1n) is 10.2. The van der Waals surface area contributed by atoms with Crippen LogP contribution in [0.1, 0.15) is 24.2 Å². The van der Waals surface area contributed by atoms with Gasteiger partial charge in [-0.2, -0.15) is 0 Å². The van der Waals surface area contributed by atoms with Crippen LogP contribution in [0.3, 0.4) is 0 Å². The standard InChI is InChI=1S/C20H29N5O3/c1-14-15(2)28-20-17(14)18(22-13-23-20)25-6-3-4-16(12-25)19(26)21-5-7-24-8-10-27-11-9-24/h13,16H,3-12H2,1-2H3,(H,21,26)/t16-/m0/s1. The zero-order valence-electron chi connectivity index (χ0n) is 16.7. The molecule has 0 spiro atoms. The lowest BCUT2D eigenvalue weighted by Gasteiger charge is -2.33. The van der Waals surface area contributed by atoms with Crippen molar-refractivity contribution >= 4 is 22.8 Å². The number of amides is 1. The van der Waals surface area contributed by atoms with Crippen LogP contribution in [0.5, 0.6) is 0 Å². The van der Waals surface area contributed by atoms with Crippen molar-refractivity contribution in [1.29, 1.82) is 0 Å². The molecule has 2 aliphatic rings. The Balaban J connectivity index is 1.38. The number of rotatable bonds is 5. The lowest BCUT2D eigenvalue weighted by molar-refractivity contribution is -0.125. The first kappa shape index (κ1) is 19.1. The van der Waals surface area contributed by atoms with Gasteiger partial charge in [-0.25, -0.2) is 9.97 Å². The number of fused-ring (bicyclic) bond motifs is 1. The van der Waals surface area contributed by atoms with Crippen LogP contribution in [0.4, 0.5) is 5.82 Å². The SMILES string of the molecule is Cc1oc2ncnc(N3CCC[C@H](C(=O)NCCN4CCOCC4)C3)c2c1C. The zero-order valence-corrected chi connectivity index (χ0v) is 16.7. The number of aryl methyl sites for hydroxylation is 2. The smallest absolute Gasteiger partial charge is 0.231 e. The number of ether oxygens (including phenoxy) is 1. The second-order valence-corrected chi connectivity index (χ2v) is 7.69. The average molecular weight is 387 g/mol. The Hall–Kier alpha value is -2.19. The number of aromatic nitrogens is 2. The van der Waals surface area contributed by atoms with Gasteiger partial charge in [0.1, 0.15) is 17.9 Å².